The molecule has 1 heterocycles. The van der Waals surface area contributed by atoms with Gasteiger partial charge in [-0.05, 0) is 18.2 Å². The van der Waals surface area contributed by atoms with Gasteiger partial charge in [0.1, 0.15) is 6.07 Å². The van der Waals surface area contributed by atoms with Gasteiger partial charge in [-0.25, -0.2) is 4.98 Å². The molecule has 1 aromatic heterocycles. The lowest BCUT2D eigenvalue weighted by Gasteiger charge is -2.07. The van der Waals surface area contributed by atoms with E-state index in [0.29, 0.717) is 5.03 Å². The van der Waals surface area contributed by atoms with E-state index in [1.165, 1.54) is 23.9 Å². The van der Waals surface area contributed by atoms with E-state index in [1.54, 1.807) is 0 Å². The summed E-state index contributed by atoms with van der Waals surface area (Å²) in [6.45, 7) is 0. The number of para-hydroxylation sites is 1. The molecule has 1 amide bonds. The lowest BCUT2D eigenvalue weighted by atomic mass is 10.1. The molecule has 0 radical (unpaired) electrons. The number of carbonyl (C=O) groups excluding carboxylic acids is 1. The third-order valence-electron chi connectivity index (χ3n) is 3.53. The highest BCUT2D eigenvalue weighted by atomic mass is 32.2. The van der Waals surface area contributed by atoms with E-state index in [1.807, 2.05) is 42.5 Å². The largest absolute Gasteiger partial charge is 0.324 e. The van der Waals surface area contributed by atoms with E-state index in [9.17, 15) is 14.9 Å². The zero-order valence-electron chi connectivity index (χ0n) is 13.4. The minimum absolute atomic E-state index is 0.0429. The number of anilines is 1. The number of hydrogen-bond acceptors (Lipinski definition) is 6. The van der Waals surface area contributed by atoms with Gasteiger partial charge in [-0.2, -0.15) is 5.26 Å². The Bertz CT molecular complexity index is 1050. The van der Waals surface area contributed by atoms with Crippen molar-refractivity contribution in [2.24, 2.45) is 0 Å². The number of nitriles is 1. The van der Waals surface area contributed by atoms with Crippen LogP contribution in [0.3, 0.4) is 0 Å². The molecule has 2 aromatic carbocycles. The van der Waals surface area contributed by atoms with E-state index in [0.717, 1.165) is 17.0 Å². The van der Waals surface area contributed by atoms with Gasteiger partial charge >= 0.3 is 0 Å². The Morgan fingerprint density at radius 3 is 2.81 bits per heavy atom. The van der Waals surface area contributed by atoms with Crippen LogP contribution in [0.1, 0.15) is 5.56 Å². The van der Waals surface area contributed by atoms with Gasteiger partial charge in [0.05, 0.1) is 32.5 Å². The second-order valence-corrected chi connectivity index (χ2v) is 6.27. The van der Waals surface area contributed by atoms with Crippen LogP contribution >= 0.6 is 11.8 Å². The summed E-state index contributed by atoms with van der Waals surface area (Å²) in [6.07, 6.45) is 0. The highest BCUT2D eigenvalue weighted by Crippen LogP contribution is 2.23. The Morgan fingerprint density at radius 1 is 1.23 bits per heavy atom. The zero-order valence-corrected chi connectivity index (χ0v) is 14.2. The van der Waals surface area contributed by atoms with Crippen molar-refractivity contribution in [1.29, 1.82) is 5.26 Å². The summed E-state index contributed by atoms with van der Waals surface area (Å²) in [5.41, 5.74) is 0.936. The van der Waals surface area contributed by atoms with E-state index in [4.69, 9.17) is 5.26 Å². The number of hydrogen-bond donors (Lipinski definition) is 1. The Morgan fingerprint density at radius 2 is 2.04 bits per heavy atom. The number of nitrogens with zero attached hydrogens (tertiary/aromatic N) is 3. The molecule has 3 aromatic rings. The molecule has 26 heavy (non-hydrogen) atoms. The number of carbonyl (C=O) groups is 1. The molecule has 0 aliphatic carbocycles. The Balaban J connectivity index is 1.67. The van der Waals surface area contributed by atoms with Gasteiger partial charge in [0.15, 0.2) is 0 Å². The molecule has 0 bridgehead atoms. The maximum atomic E-state index is 12.1. The van der Waals surface area contributed by atoms with Gasteiger partial charge in [0, 0.05) is 17.5 Å². The van der Waals surface area contributed by atoms with Crippen LogP contribution in [0.4, 0.5) is 11.4 Å². The molecule has 0 unspecified atom stereocenters. The van der Waals surface area contributed by atoms with Gasteiger partial charge in [-0.15, -0.1) is 0 Å². The van der Waals surface area contributed by atoms with Crippen LogP contribution < -0.4 is 5.32 Å². The number of non-ortho nitro benzene ring substituents is 1. The summed E-state index contributed by atoms with van der Waals surface area (Å²) in [7, 11) is 0. The van der Waals surface area contributed by atoms with Crippen molar-refractivity contribution < 1.29 is 9.72 Å². The van der Waals surface area contributed by atoms with Gasteiger partial charge in [0.2, 0.25) is 5.91 Å². The fraction of sp³-hybridized carbons (Fsp3) is 0.0556. The fourth-order valence-corrected chi connectivity index (χ4v) is 2.98. The van der Waals surface area contributed by atoms with E-state index < -0.39 is 4.92 Å². The molecule has 1 N–H and O–H groups in total. The molecule has 0 aliphatic heterocycles. The number of amides is 1. The highest BCUT2D eigenvalue weighted by molar-refractivity contribution is 7.99. The highest BCUT2D eigenvalue weighted by Gasteiger charge is 2.13. The topological polar surface area (TPSA) is 109 Å². The van der Waals surface area contributed by atoms with E-state index in [2.05, 4.69) is 10.3 Å². The molecule has 128 valence electrons. The third-order valence-corrected chi connectivity index (χ3v) is 4.46. The second-order valence-electron chi connectivity index (χ2n) is 5.28. The fourth-order valence-electron chi connectivity index (χ4n) is 2.30. The van der Waals surface area contributed by atoms with Crippen LogP contribution in [-0.2, 0) is 4.79 Å². The summed E-state index contributed by atoms with van der Waals surface area (Å²) in [5.74, 6) is -0.219. The predicted molar refractivity (Wildman–Crippen MR) is 98.9 cm³/mol. The van der Waals surface area contributed by atoms with Crippen molar-refractivity contribution in [1.82, 2.24) is 4.98 Å². The number of nitro benzene ring substituents is 1. The van der Waals surface area contributed by atoms with Crippen LogP contribution in [0.5, 0.6) is 0 Å². The Labute approximate surface area is 152 Å². The first-order valence-electron chi connectivity index (χ1n) is 7.54. The van der Waals surface area contributed by atoms with E-state index in [-0.39, 0.29) is 28.6 Å². The normalized spacial score (nSPS) is 10.3. The maximum absolute atomic E-state index is 12.1. The predicted octanol–water partition coefficient (Wildman–Crippen LogP) is 3.75. The molecule has 8 heteroatoms. The lowest BCUT2D eigenvalue weighted by molar-refractivity contribution is -0.384. The summed E-state index contributed by atoms with van der Waals surface area (Å²) in [4.78, 5) is 26.8. The number of fused-ring (bicyclic) bond motifs is 1. The van der Waals surface area contributed by atoms with E-state index >= 15 is 0 Å². The summed E-state index contributed by atoms with van der Waals surface area (Å²) < 4.78 is 0. The molecule has 0 saturated carbocycles. The van der Waals surface area contributed by atoms with Crippen LogP contribution in [-0.4, -0.2) is 21.6 Å². The van der Waals surface area contributed by atoms with Crippen LogP contribution in [0, 0.1) is 21.4 Å². The zero-order chi connectivity index (χ0) is 18.5. The number of nitro groups is 1. The Hall–Kier alpha value is -3.44. The average Bonchev–Trinajstić information content (AvgIpc) is 2.66. The van der Waals surface area contributed by atoms with Crippen molar-refractivity contribution in [3.63, 3.8) is 0 Å². The first-order valence-corrected chi connectivity index (χ1v) is 8.52. The smallest absolute Gasteiger partial charge is 0.270 e. The molecular weight excluding hydrogens is 352 g/mol. The minimum atomic E-state index is -0.590. The average molecular weight is 364 g/mol. The van der Waals surface area contributed by atoms with Crippen LogP contribution in [0.25, 0.3) is 10.9 Å². The number of pyridine rings is 1. The van der Waals surface area contributed by atoms with Gasteiger partial charge in [0.25, 0.3) is 5.69 Å². The molecule has 0 fully saturated rings. The quantitative estimate of drug-likeness (QED) is 0.419. The van der Waals surface area contributed by atoms with Gasteiger partial charge < -0.3 is 5.32 Å². The standard InChI is InChI=1S/C18H12N4O3S/c19-10-13-9-14(22(24)25)6-7-16(13)20-17(23)11-26-18-8-5-12-3-1-2-4-15(12)21-18/h1-9H,11H2,(H,20,23). The SMILES string of the molecule is N#Cc1cc([N+](=O)[O-])ccc1NC(=O)CSc1ccc2ccccc2n1. The second kappa shape index (κ2) is 7.63. The number of benzene rings is 2. The number of rotatable bonds is 5. The first kappa shape index (κ1) is 17.4. The maximum Gasteiger partial charge on any atom is 0.270 e. The van der Waals surface area contributed by atoms with Crippen molar-refractivity contribution in [3.8, 4) is 6.07 Å². The van der Waals surface area contributed by atoms with Crippen molar-refractivity contribution >= 4 is 39.9 Å². The summed E-state index contributed by atoms with van der Waals surface area (Å²) >= 11 is 1.27. The van der Waals surface area contributed by atoms with Crippen molar-refractivity contribution in [2.45, 2.75) is 5.03 Å². The Kier molecular flexibility index (Phi) is 5.10. The van der Waals surface area contributed by atoms with Gasteiger partial charge in [-0.3, -0.25) is 14.9 Å². The van der Waals surface area contributed by atoms with Crippen molar-refractivity contribution in [2.75, 3.05) is 11.1 Å². The molecule has 0 atom stereocenters. The molecule has 3 rings (SSSR count). The monoisotopic (exact) mass is 364 g/mol. The van der Waals surface area contributed by atoms with Gasteiger partial charge in [-0.1, -0.05) is 36.0 Å². The number of nitrogens with one attached hydrogen (secondary N) is 1. The molecule has 0 saturated heterocycles. The lowest BCUT2D eigenvalue weighted by Crippen LogP contribution is -2.15. The molecule has 0 spiro atoms. The van der Waals surface area contributed by atoms with Crippen LogP contribution in [0.2, 0.25) is 0 Å². The number of aromatic nitrogens is 1. The summed E-state index contributed by atoms with van der Waals surface area (Å²) in [6, 6.07) is 17.0. The summed E-state index contributed by atoms with van der Waals surface area (Å²) in [5, 5.41) is 24.2. The third kappa shape index (κ3) is 3.96. The first-order chi connectivity index (χ1) is 12.6. The molecule has 7 nitrogen and oxygen atoms in total. The number of thioether (sulfide) groups is 1. The van der Waals surface area contributed by atoms with Crippen LogP contribution in [0.15, 0.2) is 59.6 Å². The molecular formula is C18H12N4O3S. The minimum Gasteiger partial charge on any atom is -0.324 e. The molecule has 0 aliphatic rings. The van der Waals surface area contributed by atoms with Crippen molar-refractivity contribution in [3.05, 3.63) is 70.3 Å².